The number of carbonyl (C=O) groups excluding carboxylic acids is 1. The second kappa shape index (κ2) is 4.07. The quantitative estimate of drug-likeness (QED) is 0.747. The summed E-state index contributed by atoms with van der Waals surface area (Å²) < 4.78 is 0. The average Bonchev–Trinajstić information content (AvgIpc) is 2.47. The number of imidazole rings is 1. The van der Waals surface area contributed by atoms with Gasteiger partial charge >= 0.3 is 0 Å². The molecule has 0 bridgehead atoms. The van der Waals surface area contributed by atoms with E-state index >= 15 is 0 Å². The van der Waals surface area contributed by atoms with Crippen LogP contribution in [0.25, 0.3) is 0 Å². The van der Waals surface area contributed by atoms with Crippen molar-refractivity contribution < 1.29 is 4.79 Å². The lowest BCUT2D eigenvalue weighted by Gasteiger charge is -2.08. The minimum absolute atomic E-state index is 0.133. The van der Waals surface area contributed by atoms with Gasteiger partial charge in [0.15, 0.2) is 0 Å². The van der Waals surface area contributed by atoms with E-state index in [1.165, 1.54) is 0 Å². The number of nitrogens with zero attached hydrogens (tertiary/aromatic N) is 2. The van der Waals surface area contributed by atoms with Gasteiger partial charge in [-0.25, -0.2) is 4.98 Å². The van der Waals surface area contributed by atoms with Crippen molar-refractivity contribution in [1.82, 2.24) is 14.9 Å². The van der Waals surface area contributed by atoms with Gasteiger partial charge in [-0.2, -0.15) is 0 Å². The molecule has 1 N–H and O–H groups in total. The molecule has 0 aliphatic rings. The minimum Gasteiger partial charge on any atom is -0.349 e. The first kappa shape index (κ1) is 9.77. The Bertz CT molecular complexity index is 291. The molecule has 0 aromatic carbocycles. The van der Waals surface area contributed by atoms with Crippen LogP contribution < -0.4 is 0 Å². The lowest BCUT2D eigenvalue weighted by molar-refractivity contribution is -0.128. The van der Waals surface area contributed by atoms with Crippen molar-refractivity contribution in [3.05, 3.63) is 17.7 Å². The third-order valence-corrected chi connectivity index (χ3v) is 1.83. The molecule has 0 aliphatic heterocycles. The monoisotopic (exact) mass is 181 g/mol. The van der Waals surface area contributed by atoms with E-state index in [9.17, 15) is 4.79 Å². The normalized spacial score (nSPS) is 10.1. The summed E-state index contributed by atoms with van der Waals surface area (Å²) in [6.45, 7) is 1.95. The van der Waals surface area contributed by atoms with Crippen LogP contribution in [0.4, 0.5) is 0 Å². The first-order valence-corrected chi connectivity index (χ1v) is 4.30. The maximum Gasteiger partial charge on any atom is 0.222 e. The second-order valence-corrected chi connectivity index (χ2v) is 3.30. The number of aryl methyl sites for hydroxylation is 2. The highest BCUT2D eigenvalue weighted by Crippen LogP contribution is 1.99. The fourth-order valence-electron chi connectivity index (χ4n) is 1.04. The van der Waals surface area contributed by atoms with Gasteiger partial charge in [0.1, 0.15) is 5.82 Å². The van der Waals surface area contributed by atoms with E-state index in [1.54, 1.807) is 25.2 Å². The molecule has 0 atom stereocenters. The fraction of sp³-hybridized carbons (Fsp3) is 0.556. The maximum absolute atomic E-state index is 11.2. The third kappa shape index (κ3) is 2.89. The number of nitrogens with one attached hydrogen (secondary N) is 1. The van der Waals surface area contributed by atoms with Crippen LogP contribution in [0.3, 0.4) is 0 Å². The van der Waals surface area contributed by atoms with E-state index in [1.807, 2.05) is 6.92 Å². The van der Waals surface area contributed by atoms with Crippen molar-refractivity contribution in [3.8, 4) is 0 Å². The molecule has 0 spiro atoms. The van der Waals surface area contributed by atoms with E-state index in [-0.39, 0.29) is 5.91 Å². The predicted molar refractivity (Wildman–Crippen MR) is 50.3 cm³/mol. The zero-order valence-corrected chi connectivity index (χ0v) is 8.29. The van der Waals surface area contributed by atoms with E-state index in [4.69, 9.17) is 0 Å². The summed E-state index contributed by atoms with van der Waals surface area (Å²) in [5.41, 5.74) is 1.03. The van der Waals surface area contributed by atoms with Crippen molar-refractivity contribution in [1.29, 1.82) is 0 Å². The van der Waals surface area contributed by atoms with Crippen LogP contribution in [0.2, 0.25) is 0 Å². The summed E-state index contributed by atoms with van der Waals surface area (Å²) in [5, 5.41) is 0. The van der Waals surface area contributed by atoms with Crippen LogP contribution in [-0.2, 0) is 11.2 Å². The first-order chi connectivity index (χ1) is 6.09. The SMILES string of the molecule is Cc1cnc(CCC(=O)N(C)C)[nH]1. The molecule has 1 amide bonds. The Morgan fingerprint density at radius 1 is 1.62 bits per heavy atom. The summed E-state index contributed by atoms with van der Waals surface area (Å²) >= 11 is 0. The summed E-state index contributed by atoms with van der Waals surface area (Å²) in [6, 6.07) is 0. The van der Waals surface area contributed by atoms with Gasteiger partial charge in [-0.3, -0.25) is 4.79 Å². The van der Waals surface area contributed by atoms with Gasteiger partial charge in [-0.1, -0.05) is 0 Å². The number of H-pyrrole nitrogens is 1. The van der Waals surface area contributed by atoms with E-state index in [0.29, 0.717) is 12.8 Å². The number of aromatic nitrogens is 2. The van der Waals surface area contributed by atoms with E-state index < -0.39 is 0 Å². The molecule has 72 valence electrons. The number of hydrogen-bond donors (Lipinski definition) is 1. The molecule has 0 saturated carbocycles. The second-order valence-electron chi connectivity index (χ2n) is 3.30. The van der Waals surface area contributed by atoms with Gasteiger partial charge in [-0.15, -0.1) is 0 Å². The van der Waals surface area contributed by atoms with Crippen molar-refractivity contribution >= 4 is 5.91 Å². The van der Waals surface area contributed by atoms with Crippen molar-refractivity contribution in [3.63, 3.8) is 0 Å². The molecule has 4 nitrogen and oxygen atoms in total. The molecule has 1 heterocycles. The smallest absolute Gasteiger partial charge is 0.222 e. The average molecular weight is 181 g/mol. The highest BCUT2D eigenvalue weighted by molar-refractivity contribution is 5.75. The van der Waals surface area contributed by atoms with Gasteiger partial charge in [0.05, 0.1) is 0 Å². The van der Waals surface area contributed by atoms with Crippen molar-refractivity contribution in [2.24, 2.45) is 0 Å². The Kier molecular flexibility index (Phi) is 3.06. The molecule has 1 aromatic heterocycles. The van der Waals surface area contributed by atoms with Gasteiger partial charge < -0.3 is 9.88 Å². The maximum atomic E-state index is 11.2. The Labute approximate surface area is 78.0 Å². The summed E-state index contributed by atoms with van der Waals surface area (Å²) in [7, 11) is 3.52. The van der Waals surface area contributed by atoms with Gasteiger partial charge in [0.25, 0.3) is 0 Å². The van der Waals surface area contributed by atoms with Crippen LogP contribution in [0.5, 0.6) is 0 Å². The summed E-state index contributed by atoms with van der Waals surface area (Å²) in [5.74, 6) is 1.02. The van der Waals surface area contributed by atoms with Crippen LogP contribution in [-0.4, -0.2) is 34.9 Å². The number of hydrogen-bond acceptors (Lipinski definition) is 2. The molecule has 0 unspecified atom stereocenters. The molecule has 1 aromatic rings. The number of amides is 1. The van der Waals surface area contributed by atoms with Crippen LogP contribution in [0.15, 0.2) is 6.20 Å². The van der Waals surface area contributed by atoms with E-state index in [2.05, 4.69) is 9.97 Å². The zero-order chi connectivity index (χ0) is 9.84. The lowest BCUT2D eigenvalue weighted by atomic mass is 10.3. The molecular weight excluding hydrogens is 166 g/mol. The largest absolute Gasteiger partial charge is 0.349 e. The molecular formula is C9H15N3O. The summed E-state index contributed by atoms with van der Waals surface area (Å²) in [4.78, 5) is 20.0. The Hall–Kier alpha value is -1.32. The third-order valence-electron chi connectivity index (χ3n) is 1.83. The minimum atomic E-state index is 0.133. The molecule has 0 radical (unpaired) electrons. The van der Waals surface area contributed by atoms with Gasteiger partial charge in [-0.05, 0) is 6.92 Å². The molecule has 4 heteroatoms. The summed E-state index contributed by atoms with van der Waals surface area (Å²) in [6.07, 6.45) is 2.97. The Morgan fingerprint density at radius 2 is 2.31 bits per heavy atom. The number of rotatable bonds is 3. The highest BCUT2D eigenvalue weighted by atomic mass is 16.2. The first-order valence-electron chi connectivity index (χ1n) is 4.30. The predicted octanol–water partition coefficient (Wildman–Crippen LogP) is 0.739. The highest BCUT2D eigenvalue weighted by Gasteiger charge is 2.05. The number of carbonyl (C=O) groups is 1. The van der Waals surface area contributed by atoms with Crippen LogP contribution >= 0.6 is 0 Å². The van der Waals surface area contributed by atoms with E-state index in [0.717, 1.165) is 11.5 Å². The Balaban J connectivity index is 2.39. The van der Waals surface area contributed by atoms with Crippen molar-refractivity contribution in [2.45, 2.75) is 19.8 Å². The standard InChI is InChI=1S/C9H15N3O/c1-7-6-10-8(11-7)4-5-9(13)12(2)3/h6H,4-5H2,1-3H3,(H,10,11). The fourth-order valence-corrected chi connectivity index (χ4v) is 1.04. The van der Waals surface area contributed by atoms with Crippen LogP contribution in [0.1, 0.15) is 17.9 Å². The van der Waals surface area contributed by atoms with Crippen molar-refractivity contribution in [2.75, 3.05) is 14.1 Å². The molecule has 13 heavy (non-hydrogen) atoms. The molecule has 1 rings (SSSR count). The van der Waals surface area contributed by atoms with Crippen LogP contribution in [0, 0.1) is 6.92 Å². The van der Waals surface area contributed by atoms with Gasteiger partial charge in [0, 0.05) is 38.8 Å². The Morgan fingerprint density at radius 3 is 2.77 bits per heavy atom. The topological polar surface area (TPSA) is 49.0 Å². The molecule has 0 saturated heterocycles. The lowest BCUT2D eigenvalue weighted by Crippen LogP contribution is -2.21. The zero-order valence-electron chi connectivity index (χ0n) is 8.29. The molecule has 0 fully saturated rings. The number of aromatic amines is 1. The molecule has 0 aliphatic carbocycles. The van der Waals surface area contributed by atoms with Gasteiger partial charge in [0.2, 0.25) is 5.91 Å².